The van der Waals surface area contributed by atoms with Crippen molar-refractivity contribution in [3.05, 3.63) is 76.4 Å². The molecule has 5 nitrogen and oxygen atoms in total. The molecule has 0 fully saturated rings. The van der Waals surface area contributed by atoms with Crippen molar-refractivity contribution < 1.29 is 9.18 Å². The first-order valence-corrected chi connectivity index (χ1v) is 7.87. The minimum Gasteiger partial charge on any atom is -0.340 e. The lowest BCUT2D eigenvalue weighted by molar-refractivity contribution is 0.102. The first kappa shape index (κ1) is 17.1. The van der Waals surface area contributed by atoms with Crippen LogP contribution in [-0.2, 0) is 0 Å². The average molecular weight is 377 g/mol. The molecule has 0 saturated carbocycles. The van der Waals surface area contributed by atoms with Crippen molar-refractivity contribution in [1.82, 2.24) is 9.97 Å². The van der Waals surface area contributed by atoms with Gasteiger partial charge in [-0.2, -0.15) is 0 Å². The van der Waals surface area contributed by atoms with Crippen molar-refractivity contribution in [3.63, 3.8) is 0 Å². The molecule has 126 valence electrons. The van der Waals surface area contributed by atoms with Crippen LogP contribution in [0.3, 0.4) is 0 Å². The number of halogens is 3. The first-order valence-electron chi connectivity index (χ1n) is 7.12. The van der Waals surface area contributed by atoms with Gasteiger partial charge in [-0.05, 0) is 42.5 Å². The van der Waals surface area contributed by atoms with Crippen LogP contribution in [0.15, 0.2) is 54.9 Å². The summed E-state index contributed by atoms with van der Waals surface area (Å²) < 4.78 is 12.9. The van der Waals surface area contributed by atoms with Gasteiger partial charge in [0.2, 0.25) is 0 Å². The molecule has 0 aliphatic carbocycles. The number of aromatic nitrogens is 2. The number of benzene rings is 2. The van der Waals surface area contributed by atoms with Gasteiger partial charge in [-0.3, -0.25) is 4.79 Å². The quantitative estimate of drug-likeness (QED) is 0.678. The van der Waals surface area contributed by atoms with Crippen molar-refractivity contribution >= 4 is 46.3 Å². The lowest BCUT2D eigenvalue weighted by Crippen LogP contribution is -2.14. The Hall–Kier alpha value is -2.70. The van der Waals surface area contributed by atoms with Gasteiger partial charge in [-0.25, -0.2) is 14.4 Å². The van der Waals surface area contributed by atoms with Gasteiger partial charge in [-0.1, -0.05) is 23.2 Å². The number of amides is 1. The van der Waals surface area contributed by atoms with Crippen molar-refractivity contribution in [1.29, 1.82) is 0 Å². The highest BCUT2D eigenvalue weighted by atomic mass is 35.5. The van der Waals surface area contributed by atoms with Gasteiger partial charge in [0.05, 0.1) is 0 Å². The standard InChI is InChI=1S/C17H11Cl2FN4O/c18-10-5-11(19)7-14(6-10)24-17(25)15-8-16(22-9-21-15)23-13-3-1-12(20)2-4-13/h1-9H,(H,24,25)(H,21,22,23). The van der Waals surface area contributed by atoms with E-state index in [2.05, 4.69) is 20.6 Å². The van der Waals surface area contributed by atoms with E-state index < -0.39 is 5.91 Å². The molecule has 1 heterocycles. The molecule has 3 aromatic rings. The topological polar surface area (TPSA) is 66.9 Å². The van der Waals surface area contributed by atoms with Crippen LogP contribution in [-0.4, -0.2) is 15.9 Å². The fourth-order valence-corrected chi connectivity index (χ4v) is 2.58. The molecule has 3 rings (SSSR count). The molecule has 0 bridgehead atoms. The summed E-state index contributed by atoms with van der Waals surface area (Å²) in [6, 6.07) is 11.9. The Morgan fingerprint density at radius 1 is 0.920 bits per heavy atom. The number of hydrogen-bond acceptors (Lipinski definition) is 4. The summed E-state index contributed by atoms with van der Waals surface area (Å²) in [5.74, 6) is -0.382. The van der Waals surface area contributed by atoms with Crippen LogP contribution < -0.4 is 10.6 Å². The van der Waals surface area contributed by atoms with Crippen LogP contribution in [0.25, 0.3) is 0 Å². The highest BCUT2D eigenvalue weighted by Crippen LogP contribution is 2.23. The molecule has 0 aliphatic rings. The predicted octanol–water partition coefficient (Wildman–Crippen LogP) is 4.92. The third kappa shape index (κ3) is 4.65. The zero-order chi connectivity index (χ0) is 17.8. The highest BCUT2D eigenvalue weighted by molar-refractivity contribution is 6.35. The maximum absolute atomic E-state index is 12.9. The van der Waals surface area contributed by atoms with Crippen LogP contribution in [0, 0.1) is 5.82 Å². The monoisotopic (exact) mass is 376 g/mol. The Morgan fingerprint density at radius 3 is 2.28 bits per heavy atom. The third-order valence-electron chi connectivity index (χ3n) is 3.14. The fourth-order valence-electron chi connectivity index (χ4n) is 2.05. The van der Waals surface area contributed by atoms with E-state index in [0.717, 1.165) is 0 Å². The minimum absolute atomic E-state index is 0.149. The van der Waals surface area contributed by atoms with Crippen molar-refractivity contribution in [2.75, 3.05) is 10.6 Å². The predicted molar refractivity (Wildman–Crippen MR) is 96.1 cm³/mol. The smallest absolute Gasteiger partial charge is 0.274 e. The van der Waals surface area contributed by atoms with Crippen LogP contribution >= 0.6 is 23.2 Å². The molecular formula is C17H11Cl2FN4O. The van der Waals surface area contributed by atoms with Crippen LogP contribution in [0.2, 0.25) is 10.0 Å². The van der Waals surface area contributed by atoms with E-state index in [0.29, 0.717) is 27.2 Å². The second-order valence-electron chi connectivity index (χ2n) is 5.03. The third-order valence-corrected chi connectivity index (χ3v) is 3.57. The zero-order valence-corrected chi connectivity index (χ0v) is 14.1. The van der Waals surface area contributed by atoms with Crippen molar-refractivity contribution in [2.24, 2.45) is 0 Å². The Labute approximate surface area is 152 Å². The second kappa shape index (κ2) is 7.46. The molecule has 1 aromatic heterocycles. The molecule has 0 saturated heterocycles. The molecule has 0 radical (unpaired) electrons. The average Bonchev–Trinajstić information content (AvgIpc) is 2.56. The number of carbonyl (C=O) groups excluding carboxylic acids is 1. The summed E-state index contributed by atoms with van der Waals surface area (Å²) in [5, 5.41) is 6.44. The summed E-state index contributed by atoms with van der Waals surface area (Å²) in [4.78, 5) is 20.3. The molecule has 0 atom stereocenters. The SMILES string of the molecule is O=C(Nc1cc(Cl)cc(Cl)c1)c1cc(Nc2ccc(F)cc2)ncn1. The van der Waals surface area contributed by atoms with E-state index in [4.69, 9.17) is 23.2 Å². The number of carbonyl (C=O) groups is 1. The molecule has 0 unspecified atom stereocenters. The Kier molecular flexibility index (Phi) is 5.11. The lowest BCUT2D eigenvalue weighted by Gasteiger charge is -2.08. The number of nitrogens with zero attached hydrogens (tertiary/aromatic N) is 2. The molecular weight excluding hydrogens is 366 g/mol. The second-order valence-corrected chi connectivity index (χ2v) is 5.91. The van der Waals surface area contributed by atoms with E-state index in [1.54, 1.807) is 30.3 Å². The van der Waals surface area contributed by atoms with E-state index in [1.807, 2.05) is 0 Å². The summed E-state index contributed by atoms with van der Waals surface area (Å²) >= 11 is 11.8. The number of nitrogens with one attached hydrogen (secondary N) is 2. The highest BCUT2D eigenvalue weighted by Gasteiger charge is 2.10. The maximum Gasteiger partial charge on any atom is 0.274 e. The van der Waals surface area contributed by atoms with Gasteiger partial charge in [-0.15, -0.1) is 0 Å². The van der Waals surface area contributed by atoms with Gasteiger partial charge >= 0.3 is 0 Å². The van der Waals surface area contributed by atoms with E-state index in [9.17, 15) is 9.18 Å². The first-order chi connectivity index (χ1) is 12.0. The zero-order valence-electron chi connectivity index (χ0n) is 12.6. The van der Waals surface area contributed by atoms with Gasteiger partial charge in [0.15, 0.2) is 0 Å². The van der Waals surface area contributed by atoms with E-state index >= 15 is 0 Å². The van der Waals surface area contributed by atoms with Gasteiger partial charge < -0.3 is 10.6 Å². The molecule has 25 heavy (non-hydrogen) atoms. The van der Waals surface area contributed by atoms with Crippen LogP contribution in [0.4, 0.5) is 21.6 Å². The lowest BCUT2D eigenvalue weighted by atomic mass is 10.3. The van der Waals surface area contributed by atoms with E-state index in [1.165, 1.54) is 24.5 Å². The van der Waals surface area contributed by atoms with Gasteiger partial charge in [0, 0.05) is 27.5 Å². The van der Waals surface area contributed by atoms with Crippen LogP contribution in [0.1, 0.15) is 10.5 Å². The summed E-state index contributed by atoms with van der Waals surface area (Å²) in [6.45, 7) is 0. The largest absolute Gasteiger partial charge is 0.340 e. The summed E-state index contributed by atoms with van der Waals surface area (Å²) in [7, 11) is 0. The Balaban J connectivity index is 1.76. The number of hydrogen-bond donors (Lipinski definition) is 2. The van der Waals surface area contributed by atoms with Gasteiger partial charge in [0.25, 0.3) is 5.91 Å². The Bertz CT molecular complexity index is 899. The minimum atomic E-state index is -0.442. The molecule has 0 aliphatic heterocycles. The number of anilines is 3. The molecule has 1 amide bonds. The summed E-state index contributed by atoms with van der Waals surface area (Å²) in [6.07, 6.45) is 1.26. The Morgan fingerprint density at radius 2 is 1.60 bits per heavy atom. The molecule has 2 aromatic carbocycles. The van der Waals surface area contributed by atoms with Crippen LogP contribution in [0.5, 0.6) is 0 Å². The van der Waals surface area contributed by atoms with Gasteiger partial charge in [0.1, 0.15) is 23.7 Å². The molecule has 2 N–H and O–H groups in total. The number of rotatable bonds is 4. The van der Waals surface area contributed by atoms with Crippen molar-refractivity contribution in [2.45, 2.75) is 0 Å². The molecule has 8 heteroatoms. The van der Waals surface area contributed by atoms with Crippen molar-refractivity contribution in [3.8, 4) is 0 Å². The van der Waals surface area contributed by atoms with E-state index in [-0.39, 0.29) is 11.5 Å². The maximum atomic E-state index is 12.9. The fraction of sp³-hybridized carbons (Fsp3) is 0. The molecule has 0 spiro atoms. The normalized spacial score (nSPS) is 10.4. The summed E-state index contributed by atoms with van der Waals surface area (Å²) in [5.41, 5.74) is 1.23.